The van der Waals surface area contributed by atoms with Gasteiger partial charge >= 0.3 is 0 Å². The van der Waals surface area contributed by atoms with Gasteiger partial charge in [-0.25, -0.2) is 0 Å². The molecule has 1 aromatic carbocycles. The van der Waals surface area contributed by atoms with E-state index >= 15 is 0 Å². The molecular weight excluding hydrogens is 208 g/mol. The first-order valence-corrected chi connectivity index (χ1v) is 5.89. The van der Waals surface area contributed by atoms with Crippen molar-refractivity contribution < 1.29 is 9.52 Å². The molecule has 1 atom stereocenters. The van der Waals surface area contributed by atoms with Crippen molar-refractivity contribution in [2.24, 2.45) is 0 Å². The van der Waals surface area contributed by atoms with Gasteiger partial charge in [-0.15, -0.1) is 11.8 Å². The standard InChI is InChI=1S/C12H12O2S/c1-15-10-6-4-9(5-7-10)12(13)11-3-2-8-14-11/h2-8,12-13H,1H3. The van der Waals surface area contributed by atoms with Crippen LogP contribution in [0.1, 0.15) is 17.4 Å². The molecule has 0 aliphatic heterocycles. The third-order valence-corrected chi connectivity index (χ3v) is 2.99. The van der Waals surface area contributed by atoms with Crippen molar-refractivity contribution in [3.8, 4) is 0 Å². The minimum absolute atomic E-state index is 0.576. The van der Waals surface area contributed by atoms with Crippen LogP contribution in [0.2, 0.25) is 0 Å². The lowest BCUT2D eigenvalue weighted by molar-refractivity contribution is 0.189. The average Bonchev–Trinajstić information content (AvgIpc) is 2.82. The number of aliphatic hydroxyl groups is 1. The zero-order valence-electron chi connectivity index (χ0n) is 8.38. The number of hydrogen-bond acceptors (Lipinski definition) is 3. The normalized spacial score (nSPS) is 12.7. The van der Waals surface area contributed by atoms with Crippen LogP contribution in [0, 0.1) is 0 Å². The molecule has 2 aromatic rings. The molecule has 3 heteroatoms. The van der Waals surface area contributed by atoms with Crippen LogP contribution in [0.5, 0.6) is 0 Å². The second-order valence-corrected chi connectivity index (χ2v) is 4.07. The Hall–Kier alpha value is -1.19. The van der Waals surface area contributed by atoms with Crippen molar-refractivity contribution in [3.63, 3.8) is 0 Å². The summed E-state index contributed by atoms with van der Waals surface area (Å²) in [5.74, 6) is 0.576. The molecule has 2 rings (SSSR count). The molecule has 1 aromatic heterocycles. The summed E-state index contributed by atoms with van der Waals surface area (Å²) in [5.41, 5.74) is 0.850. The smallest absolute Gasteiger partial charge is 0.137 e. The van der Waals surface area contributed by atoms with E-state index in [0.717, 1.165) is 5.56 Å². The van der Waals surface area contributed by atoms with Crippen molar-refractivity contribution in [3.05, 3.63) is 54.0 Å². The van der Waals surface area contributed by atoms with Gasteiger partial charge in [-0.1, -0.05) is 12.1 Å². The molecule has 78 valence electrons. The number of benzene rings is 1. The van der Waals surface area contributed by atoms with Gasteiger partial charge in [0, 0.05) is 4.90 Å². The zero-order chi connectivity index (χ0) is 10.7. The van der Waals surface area contributed by atoms with E-state index in [1.807, 2.05) is 30.5 Å². The van der Waals surface area contributed by atoms with Gasteiger partial charge in [0.25, 0.3) is 0 Å². The Balaban J connectivity index is 2.22. The maximum atomic E-state index is 9.94. The summed E-state index contributed by atoms with van der Waals surface area (Å²) < 4.78 is 5.15. The molecule has 0 saturated carbocycles. The van der Waals surface area contributed by atoms with Crippen molar-refractivity contribution in [1.82, 2.24) is 0 Å². The van der Waals surface area contributed by atoms with E-state index in [0.29, 0.717) is 5.76 Å². The minimum atomic E-state index is -0.670. The van der Waals surface area contributed by atoms with Gasteiger partial charge in [0.15, 0.2) is 0 Å². The molecule has 0 aliphatic carbocycles. The predicted molar refractivity (Wildman–Crippen MR) is 61.0 cm³/mol. The fraction of sp³-hybridized carbons (Fsp3) is 0.167. The highest BCUT2D eigenvalue weighted by molar-refractivity contribution is 7.98. The van der Waals surface area contributed by atoms with Crippen LogP contribution < -0.4 is 0 Å². The molecule has 2 nitrogen and oxygen atoms in total. The van der Waals surface area contributed by atoms with E-state index < -0.39 is 6.10 Å². The summed E-state index contributed by atoms with van der Waals surface area (Å²) >= 11 is 1.68. The monoisotopic (exact) mass is 220 g/mol. The summed E-state index contributed by atoms with van der Waals surface area (Å²) in [6, 6.07) is 11.4. The Labute approximate surface area is 92.9 Å². The lowest BCUT2D eigenvalue weighted by atomic mass is 10.1. The van der Waals surface area contributed by atoms with Gasteiger partial charge in [-0.2, -0.15) is 0 Å². The van der Waals surface area contributed by atoms with Gasteiger partial charge in [-0.3, -0.25) is 0 Å². The Kier molecular flexibility index (Phi) is 3.14. The second-order valence-electron chi connectivity index (χ2n) is 3.19. The van der Waals surface area contributed by atoms with Gasteiger partial charge in [-0.05, 0) is 36.1 Å². The summed E-state index contributed by atoms with van der Waals surface area (Å²) in [4.78, 5) is 1.19. The average molecular weight is 220 g/mol. The van der Waals surface area contributed by atoms with Crippen LogP contribution in [0.3, 0.4) is 0 Å². The van der Waals surface area contributed by atoms with Crippen LogP contribution in [-0.4, -0.2) is 11.4 Å². The van der Waals surface area contributed by atoms with E-state index in [4.69, 9.17) is 4.42 Å². The number of aliphatic hydroxyl groups excluding tert-OH is 1. The molecule has 0 fully saturated rings. The third kappa shape index (κ3) is 2.25. The van der Waals surface area contributed by atoms with Crippen molar-refractivity contribution >= 4 is 11.8 Å². The van der Waals surface area contributed by atoms with Crippen molar-refractivity contribution in [2.45, 2.75) is 11.0 Å². The molecule has 0 spiro atoms. The Bertz CT molecular complexity index is 406. The third-order valence-electron chi connectivity index (χ3n) is 2.24. The maximum Gasteiger partial charge on any atom is 0.137 e. The molecule has 0 radical (unpaired) electrons. The summed E-state index contributed by atoms with van der Waals surface area (Å²) in [6.07, 6.45) is 2.92. The highest BCUT2D eigenvalue weighted by Gasteiger charge is 2.12. The lowest BCUT2D eigenvalue weighted by Gasteiger charge is -2.08. The quantitative estimate of drug-likeness (QED) is 0.807. The number of hydrogen-bond donors (Lipinski definition) is 1. The molecule has 0 saturated heterocycles. The topological polar surface area (TPSA) is 33.4 Å². The van der Waals surface area contributed by atoms with Crippen LogP contribution in [0.15, 0.2) is 52.0 Å². The van der Waals surface area contributed by atoms with Gasteiger partial charge in [0.1, 0.15) is 11.9 Å². The lowest BCUT2D eigenvalue weighted by Crippen LogP contribution is -1.97. The fourth-order valence-corrected chi connectivity index (χ4v) is 1.81. The molecule has 0 amide bonds. The summed E-state index contributed by atoms with van der Waals surface area (Å²) in [6.45, 7) is 0. The first kappa shape index (κ1) is 10.3. The van der Waals surface area contributed by atoms with E-state index in [2.05, 4.69) is 0 Å². The molecule has 0 bridgehead atoms. The first-order valence-electron chi connectivity index (χ1n) is 4.66. The highest BCUT2D eigenvalue weighted by Crippen LogP contribution is 2.24. The first-order chi connectivity index (χ1) is 7.31. The Morgan fingerprint density at radius 3 is 2.47 bits per heavy atom. The SMILES string of the molecule is CSc1ccc(C(O)c2ccco2)cc1. The van der Waals surface area contributed by atoms with Crippen LogP contribution in [0.25, 0.3) is 0 Å². The number of rotatable bonds is 3. The van der Waals surface area contributed by atoms with Crippen LogP contribution in [-0.2, 0) is 0 Å². The number of thioether (sulfide) groups is 1. The molecule has 1 N–H and O–H groups in total. The van der Waals surface area contributed by atoms with Crippen LogP contribution >= 0.6 is 11.8 Å². The van der Waals surface area contributed by atoms with Gasteiger partial charge in [0.05, 0.1) is 6.26 Å². The van der Waals surface area contributed by atoms with Crippen LogP contribution in [0.4, 0.5) is 0 Å². The molecule has 0 aliphatic rings. The fourth-order valence-electron chi connectivity index (χ4n) is 1.40. The summed E-state index contributed by atoms with van der Waals surface area (Å²) in [7, 11) is 0. The highest BCUT2D eigenvalue weighted by atomic mass is 32.2. The van der Waals surface area contributed by atoms with Gasteiger partial charge < -0.3 is 9.52 Å². The Morgan fingerprint density at radius 1 is 1.20 bits per heavy atom. The van der Waals surface area contributed by atoms with Crippen molar-refractivity contribution in [2.75, 3.05) is 6.26 Å². The minimum Gasteiger partial charge on any atom is -0.466 e. The predicted octanol–water partition coefficient (Wildman–Crippen LogP) is 3.08. The van der Waals surface area contributed by atoms with E-state index in [1.165, 1.54) is 4.90 Å². The Morgan fingerprint density at radius 2 is 1.93 bits per heavy atom. The molecule has 1 heterocycles. The van der Waals surface area contributed by atoms with Crippen molar-refractivity contribution in [1.29, 1.82) is 0 Å². The summed E-state index contributed by atoms with van der Waals surface area (Å²) in [5, 5.41) is 9.94. The molecule has 1 unspecified atom stereocenters. The molecular formula is C12H12O2S. The zero-order valence-corrected chi connectivity index (χ0v) is 9.20. The number of furan rings is 1. The van der Waals surface area contributed by atoms with Gasteiger partial charge in [0.2, 0.25) is 0 Å². The van der Waals surface area contributed by atoms with E-state index in [9.17, 15) is 5.11 Å². The van der Waals surface area contributed by atoms with E-state index in [-0.39, 0.29) is 0 Å². The second kappa shape index (κ2) is 4.55. The largest absolute Gasteiger partial charge is 0.466 e. The molecule has 15 heavy (non-hydrogen) atoms. The van der Waals surface area contributed by atoms with E-state index in [1.54, 1.807) is 30.2 Å². The maximum absolute atomic E-state index is 9.94.